The molecule has 2 heterocycles. The third kappa shape index (κ3) is 7.89. The summed E-state index contributed by atoms with van der Waals surface area (Å²) in [6.07, 6.45) is 0. The van der Waals surface area contributed by atoms with Gasteiger partial charge in [-0.2, -0.15) is 8.75 Å². The largest absolute Gasteiger partial charge is 0.309 e. The van der Waals surface area contributed by atoms with E-state index in [-0.39, 0.29) is 10.8 Å². The molecule has 0 aliphatic rings. The summed E-state index contributed by atoms with van der Waals surface area (Å²) in [6, 6.07) is 75.2. The van der Waals surface area contributed by atoms with Gasteiger partial charge in [0.05, 0.1) is 28.4 Å². The minimum absolute atomic E-state index is 0.100. The highest BCUT2D eigenvalue weighted by Gasteiger charge is 2.22. The smallest absolute Gasteiger partial charge is 0.129 e. The van der Waals surface area contributed by atoms with Gasteiger partial charge in [-0.05, 0) is 128 Å². The van der Waals surface area contributed by atoms with E-state index in [4.69, 9.17) is 8.75 Å². The second-order valence-corrected chi connectivity index (χ2v) is 20.2. The number of aromatic nitrogens is 3. The van der Waals surface area contributed by atoms with E-state index in [1.807, 2.05) is 0 Å². The van der Waals surface area contributed by atoms with Crippen molar-refractivity contribution in [1.82, 2.24) is 13.3 Å². The Labute approximate surface area is 397 Å². The second kappa shape index (κ2) is 16.7. The molecular weight excluding hydrogens is 833 g/mol. The zero-order valence-electron chi connectivity index (χ0n) is 38.8. The van der Waals surface area contributed by atoms with Crippen molar-refractivity contribution < 1.29 is 0 Å². The van der Waals surface area contributed by atoms with Gasteiger partial charge in [0.15, 0.2) is 0 Å². The van der Waals surface area contributed by atoms with Crippen molar-refractivity contribution in [2.24, 2.45) is 0 Å². The first-order valence-electron chi connectivity index (χ1n) is 23.1. The molecule has 326 valence electrons. The molecule has 0 saturated carbocycles. The Balaban J connectivity index is 1.00. The zero-order chi connectivity index (χ0) is 45.9. The summed E-state index contributed by atoms with van der Waals surface area (Å²) in [5.74, 6) is 0. The fraction of sp³-hybridized carbons (Fsp3) is 0.129. The molecule has 0 N–H and O–H groups in total. The molecule has 0 atom stereocenters. The van der Waals surface area contributed by atoms with Crippen LogP contribution in [0.2, 0.25) is 0 Å². The van der Waals surface area contributed by atoms with Gasteiger partial charge in [0, 0.05) is 33.4 Å². The van der Waals surface area contributed by atoms with E-state index in [2.05, 4.69) is 257 Å². The number of benzene rings is 9. The lowest BCUT2D eigenvalue weighted by Crippen LogP contribution is -2.11. The Morgan fingerprint density at radius 1 is 0.388 bits per heavy atom. The van der Waals surface area contributed by atoms with Crippen LogP contribution < -0.4 is 4.90 Å². The molecule has 0 amide bonds. The van der Waals surface area contributed by atoms with Gasteiger partial charge in [-0.3, -0.25) is 0 Å². The molecule has 0 saturated heterocycles. The monoisotopic (exact) mass is 884 g/mol. The van der Waals surface area contributed by atoms with Crippen LogP contribution in [0.3, 0.4) is 0 Å². The topological polar surface area (TPSA) is 34.0 Å². The molecule has 0 aliphatic carbocycles. The molecule has 0 fully saturated rings. The highest BCUT2D eigenvalue weighted by Crippen LogP contribution is 2.44. The molecule has 0 radical (unpaired) electrons. The number of hydrogen-bond acceptors (Lipinski definition) is 4. The normalized spacial score (nSPS) is 12.0. The second-order valence-electron chi connectivity index (χ2n) is 19.7. The average Bonchev–Trinajstić information content (AvgIpc) is 3.98. The zero-order valence-corrected chi connectivity index (χ0v) is 39.6. The molecule has 0 bridgehead atoms. The first-order valence-corrected chi connectivity index (χ1v) is 23.9. The number of rotatable bonds is 8. The Bertz CT molecular complexity index is 3450. The third-order valence-electron chi connectivity index (χ3n) is 13.2. The van der Waals surface area contributed by atoms with E-state index in [1.54, 1.807) is 0 Å². The van der Waals surface area contributed by atoms with Crippen LogP contribution in [-0.2, 0) is 10.8 Å². The van der Waals surface area contributed by atoms with E-state index in [9.17, 15) is 0 Å². The Morgan fingerprint density at radius 3 is 1.48 bits per heavy atom. The Kier molecular flexibility index (Phi) is 10.5. The van der Waals surface area contributed by atoms with Crippen molar-refractivity contribution in [3.05, 3.63) is 217 Å². The SMILES string of the molecule is CC(C)(C)c1ccc(-c2ccc(N(c3ccc(-c4ccc(C(C)(C)C)cc4)cc3)c3ccc(-c4ccc5c(c4)c4ccccc4n5-c4cccc(-c5ccccc5)c4)c4nsnc34)cc2)cc1. The van der Waals surface area contributed by atoms with Crippen LogP contribution in [0.15, 0.2) is 206 Å². The van der Waals surface area contributed by atoms with Crippen LogP contribution in [-0.4, -0.2) is 13.3 Å². The molecule has 5 heteroatoms. The summed E-state index contributed by atoms with van der Waals surface area (Å²) in [4.78, 5) is 2.33. The molecule has 11 rings (SSSR count). The minimum atomic E-state index is 0.100. The van der Waals surface area contributed by atoms with Crippen LogP contribution in [0.25, 0.3) is 83.0 Å². The fourth-order valence-electron chi connectivity index (χ4n) is 9.50. The van der Waals surface area contributed by atoms with Crippen molar-refractivity contribution in [1.29, 1.82) is 0 Å². The van der Waals surface area contributed by atoms with Crippen molar-refractivity contribution in [2.75, 3.05) is 4.90 Å². The summed E-state index contributed by atoms with van der Waals surface area (Å²) >= 11 is 1.26. The predicted octanol–water partition coefficient (Wildman–Crippen LogP) is 17.5. The summed E-state index contributed by atoms with van der Waals surface area (Å²) < 4.78 is 12.4. The highest BCUT2D eigenvalue weighted by molar-refractivity contribution is 7.00. The summed E-state index contributed by atoms with van der Waals surface area (Å²) in [6.45, 7) is 13.5. The van der Waals surface area contributed by atoms with E-state index < -0.39 is 0 Å². The number of para-hydroxylation sites is 1. The van der Waals surface area contributed by atoms with Crippen LogP contribution >= 0.6 is 11.7 Å². The van der Waals surface area contributed by atoms with E-state index in [0.29, 0.717) is 0 Å². The van der Waals surface area contributed by atoms with Gasteiger partial charge in [-0.25, -0.2) is 0 Å². The lowest BCUT2D eigenvalue weighted by atomic mass is 9.86. The van der Waals surface area contributed by atoms with Gasteiger partial charge in [0.1, 0.15) is 11.0 Å². The quantitative estimate of drug-likeness (QED) is 0.152. The molecule has 0 spiro atoms. The fourth-order valence-corrected chi connectivity index (χ4v) is 10.1. The summed E-state index contributed by atoms with van der Waals surface area (Å²) in [5, 5.41) is 2.41. The molecule has 0 aliphatic heterocycles. The van der Waals surface area contributed by atoms with E-state index >= 15 is 0 Å². The van der Waals surface area contributed by atoms with Gasteiger partial charge in [0.2, 0.25) is 0 Å². The van der Waals surface area contributed by atoms with Crippen LogP contribution in [0, 0.1) is 0 Å². The van der Waals surface area contributed by atoms with E-state index in [1.165, 1.54) is 72.5 Å². The number of nitrogens with zero attached hydrogens (tertiary/aromatic N) is 4. The molecule has 9 aromatic carbocycles. The first-order chi connectivity index (χ1) is 32.5. The van der Waals surface area contributed by atoms with Gasteiger partial charge < -0.3 is 9.47 Å². The molecule has 11 aromatic rings. The lowest BCUT2D eigenvalue weighted by molar-refractivity contribution is 0.590. The maximum Gasteiger partial charge on any atom is 0.129 e. The molecule has 67 heavy (non-hydrogen) atoms. The van der Waals surface area contributed by atoms with Crippen LogP contribution in [0.4, 0.5) is 17.1 Å². The molecular formula is C62H52N4S. The van der Waals surface area contributed by atoms with Crippen molar-refractivity contribution >= 4 is 61.6 Å². The highest BCUT2D eigenvalue weighted by atomic mass is 32.1. The number of fused-ring (bicyclic) bond motifs is 4. The molecule has 2 aromatic heterocycles. The van der Waals surface area contributed by atoms with Gasteiger partial charge in [-0.15, -0.1) is 0 Å². The van der Waals surface area contributed by atoms with Crippen molar-refractivity contribution in [2.45, 2.75) is 52.4 Å². The van der Waals surface area contributed by atoms with Crippen LogP contribution in [0.5, 0.6) is 0 Å². The first kappa shape index (κ1) is 42.1. The lowest BCUT2D eigenvalue weighted by Gasteiger charge is -2.26. The van der Waals surface area contributed by atoms with Gasteiger partial charge in [0.25, 0.3) is 0 Å². The molecule has 4 nitrogen and oxygen atoms in total. The van der Waals surface area contributed by atoms with Crippen LogP contribution in [0.1, 0.15) is 52.7 Å². The Morgan fingerprint density at radius 2 is 0.881 bits per heavy atom. The van der Waals surface area contributed by atoms with E-state index in [0.717, 1.165) is 50.4 Å². The number of anilines is 3. The minimum Gasteiger partial charge on any atom is -0.309 e. The molecule has 0 unspecified atom stereocenters. The van der Waals surface area contributed by atoms with Gasteiger partial charge in [-0.1, -0.05) is 181 Å². The Hall–Kier alpha value is -7.60. The van der Waals surface area contributed by atoms with Gasteiger partial charge >= 0.3 is 0 Å². The van der Waals surface area contributed by atoms with Crippen molar-refractivity contribution in [3.63, 3.8) is 0 Å². The van der Waals surface area contributed by atoms with Crippen molar-refractivity contribution in [3.8, 4) is 50.2 Å². The average molecular weight is 885 g/mol. The maximum atomic E-state index is 5.04. The predicted molar refractivity (Wildman–Crippen MR) is 286 cm³/mol. The number of hydrogen-bond donors (Lipinski definition) is 0. The maximum absolute atomic E-state index is 5.04. The summed E-state index contributed by atoms with van der Waals surface area (Å²) in [7, 11) is 0. The third-order valence-corrected chi connectivity index (χ3v) is 13.8. The standard InChI is InChI=1S/C62H52N4S/c1-61(2,3)48-28-19-42(20-29-48)44-23-32-50(33-24-44)65(51-34-25-45(26-35-51)43-21-30-49(31-22-43)62(4,5)6)58-38-36-53(59-60(58)64-67-63-59)47-27-37-57-55(40-47)54-17-10-11-18-56(54)66(57)52-16-12-15-46(39-52)41-13-8-7-9-14-41/h7-40H,1-6H3. The summed E-state index contributed by atoms with van der Waals surface area (Å²) in [5.41, 5.74) is 20.4.